The fraction of sp³-hybridized carbons (Fsp3) is 0.462. The second kappa shape index (κ2) is 5.82. The van der Waals surface area contributed by atoms with E-state index in [1.54, 1.807) is 6.07 Å². The van der Waals surface area contributed by atoms with Crippen molar-refractivity contribution < 1.29 is 9.90 Å². The van der Waals surface area contributed by atoms with Crippen LogP contribution in [-0.2, 0) is 0 Å². The summed E-state index contributed by atoms with van der Waals surface area (Å²) in [4.78, 5) is 12.0. The second-order valence-corrected chi connectivity index (χ2v) is 5.69. The molecule has 2 N–H and O–H groups in total. The smallest absolute Gasteiger partial charge is 0.251 e. The van der Waals surface area contributed by atoms with Gasteiger partial charge in [-0.05, 0) is 53.6 Å². The maximum Gasteiger partial charge on any atom is 0.251 e. The standard InChI is InChI=1S/C13H16INO2/c14-10-5-3-4-9(8-10)13(17)15-11-6-1-2-7-12(11)16/h3-5,8,11-12,16H,1-2,6-7H2,(H,15,17)/t11-,12-/m1/s1. The predicted octanol–water partition coefficient (Wildman–Crippen LogP) is 2.32. The molecule has 1 aliphatic rings. The van der Waals surface area contributed by atoms with E-state index in [9.17, 15) is 9.90 Å². The third kappa shape index (κ3) is 3.42. The molecule has 3 nitrogen and oxygen atoms in total. The first-order valence-electron chi connectivity index (χ1n) is 5.91. The highest BCUT2D eigenvalue weighted by Gasteiger charge is 2.24. The van der Waals surface area contributed by atoms with E-state index >= 15 is 0 Å². The molecule has 0 aliphatic heterocycles. The zero-order chi connectivity index (χ0) is 12.3. The van der Waals surface area contributed by atoms with E-state index in [0.717, 1.165) is 29.3 Å². The van der Waals surface area contributed by atoms with Crippen molar-refractivity contribution in [2.45, 2.75) is 37.8 Å². The number of hydrogen-bond donors (Lipinski definition) is 2. The maximum atomic E-state index is 12.0. The van der Waals surface area contributed by atoms with Crippen molar-refractivity contribution >= 4 is 28.5 Å². The van der Waals surface area contributed by atoms with Gasteiger partial charge in [-0.2, -0.15) is 0 Å². The molecule has 1 aromatic carbocycles. The van der Waals surface area contributed by atoms with Gasteiger partial charge in [0.25, 0.3) is 5.91 Å². The summed E-state index contributed by atoms with van der Waals surface area (Å²) < 4.78 is 1.04. The molecule has 0 spiro atoms. The van der Waals surface area contributed by atoms with Crippen LogP contribution in [0, 0.1) is 3.57 Å². The van der Waals surface area contributed by atoms with Crippen LogP contribution in [-0.4, -0.2) is 23.2 Å². The highest BCUT2D eigenvalue weighted by Crippen LogP contribution is 2.19. The number of aliphatic hydroxyl groups is 1. The quantitative estimate of drug-likeness (QED) is 0.809. The number of hydrogen-bond acceptors (Lipinski definition) is 2. The lowest BCUT2D eigenvalue weighted by Crippen LogP contribution is -2.45. The van der Waals surface area contributed by atoms with Gasteiger partial charge in [-0.1, -0.05) is 18.9 Å². The van der Waals surface area contributed by atoms with Crippen LogP contribution in [0.25, 0.3) is 0 Å². The van der Waals surface area contributed by atoms with E-state index in [1.807, 2.05) is 18.2 Å². The summed E-state index contributed by atoms with van der Waals surface area (Å²) >= 11 is 2.18. The molecule has 0 saturated heterocycles. The molecule has 92 valence electrons. The predicted molar refractivity (Wildman–Crippen MR) is 74.9 cm³/mol. The monoisotopic (exact) mass is 345 g/mol. The fourth-order valence-corrected chi connectivity index (χ4v) is 2.70. The molecule has 1 saturated carbocycles. The molecule has 0 aromatic heterocycles. The zero-order valence-corrected chi connectivity index (χ0v) is 11.7. The Kier molecular flexibility index (Phi) is 4.39. The van der Waals surface area contributed by atoms with Crippen molar-refractivity contribution in [1.29, 1.82) is 0 Å². The van der Waals surface area contributed by atoms with Gasteiger partial charge < -0.3 is 10.4 Å². The van der Waals surface area contributed by atoms with Gasteiger partial charge in [-0.25, -0.2) is 0 Å². The molecule has 0 bridgehead atoms. The molecule has 4 heteroatoms. The van der Waals surface area contributed by atoms with E-state index in [2.05, 4.69) is 27.9 Å². The van der Waals surface area contributed by atoms with Gasteiger partial charge in [0.1, 0.15) is 0 Å². The van der Waals surface area contributed by atoms with Gasteiger partial charge in [-0.15, -0.1) is 0 Å². The van der Waals surface area contributed by atoms with Crippen molar-refractivity contribution in [3.8, 4) is 0 Å². The van der Waals surface area contributed by atoms with E-state index in [1.165, 1.54) is 0 Å². The summed E-state index contributed by atoms with van der Waals surface area (Å²) in [6, 6.07) is 7.38. The topological polar surface area (TPSA) is 49.3 Å². The molecule has 2 rings (SSSR count). The van der Waals surface area contributed by atoms with Gasteiger partial charge in [0, 0.05) is 9.13 Å². The van der Waals surface area contributed by atoms with Crippen LogP contribution < -0.4 is 5.32 Å². The van der Waals surface area contributed by atoms with E-state index < -0.39 is 6.10 Å². The summed E-state index contributed by atoms with van der Waals surface area (Å²) in [5.74, 6) is -0.0885. The first kappa shape index (κ1) is 12.8. The van der Waals surface area contributed by atoms with Crippen molar-refractivity contribution in [3.05, 3.63) is 33.4 Å². The lowest BCUT2D eigenvalue weighted by molar-refractivity contribution is 0.0717. The number of carbonyl (C=O) groups is 1. The molecule has 0 unspecified atom stereocenters. The number of halogens is 1. The lowest BCUT2D eigenvalue weighted by atomic mass is 9.92. The number of aliphatic hydroxyl groups excluding tert-OH is 1. The van der Waals surface area contributed by atoms with Gasteiger partial charge in [0.2, 0.25) is 0 Å². The second-order valence-electron chi connectivity index (χ2n) is 4.44. The maximum absolute atomic E-state index is 12.0. The first-order chi connectivity index (χ1) is 8.16. The van der Waals surface area contributed by atoms with Crippen molar-refractivity contribution in [1.82, 2.24) is 5.32 Å². The fourth-order valence-electron chi connectivity index (χ4n) is 2.16. The number of rotatable bonds is 2. The average molecular weight is 345 g/mol. The van der Waals surface area contributed by atoms with Crippen LogP contribution in [0.1, 0.15) is 36.0 Å². The largest absolute Gasteiger partial charge is 0.391 e. The third-order valence-corrected chi connectivity index (χ3v) is 3.80. The van der Waals surface area contributed by atoms with Gasteiger partial charge in [0.05, 0.1) is 12.1 Å². The minimum Gasteiger partial charge on any atom is -0.391 e. The summed E-state index contributed by atoms with van der Waals surface area (Å²) in [7, 11) is 0. The average Bonchev–Trinajstić information content (AvgIpc) is 2.32. The Bertz CT molecular complexity index is 408. The van der Waals surface area contributed by atoms with Crippen molar-refractivity contribution in [2.75, 3.05) is 0 Å². The number of nitrogens with one attached hydrogen (secondary N) is 1. The molecule has 0 heterocycles. The normalized spacial score (nSPS) is 24.4. The van der Waals surface area contributed by atoms with Gasteiger partial charge in [-0.3, -0.25) is 4.79 Å². The Morgan fingerprint density at radius 3 is 2.82 bits per heavy atom. The Hall–Kier alpha value is -0.620. The van der Waals surface area contributed by atoms with E-state index in [4.69, 9.17) is 0 Å². The van der Waals surface area contributed by atoms with Crippen LogP contribution >= 0.6 is 22.6 Å². The minimum absolute atomic E-state index is 0.0885. The highest BCUT2D eigenvalue weighted by atomic mass is 127. The molecular weight excluding hydrogens is 329 g/mol. The summed E-state index contributed by atoms with van der Waals surface area (Å²) in [5.41, 5.74) is 0.662. The Morgan fingerprint density at radius 1 is 1.35 bits per heavy atom. The summed E-state index contributed by atoms with van der Waals surface area (Å²) in [6.45, 7) is 0. The van der Waals surface area contributed by atoms with Crippen LogP contribution in [0.4, 0.5) is 0 Å². The molecule has 2 atom stereocenters. The third-order valence-electron chi connectivity index (χ3n) is 3.13. The number of benzene rings is 1. The van der Waals surface area contributed by atoms with Crippen LogP contribution in [0.5, 0.6) is 0 Å². The Morgan fingerprint density at radius 2 is 2.12 bits per heavy atom. The number of carbonyl (C=O) groups excluding carboxylic acids is 1. The molecule has 17 heavy (non-hydrogen) atoms. The zero-order valence-electron chi connectivity index (χ0n) is 9.53. The van der Waals surface area contributed by atoms with Gasteiger partial charge >= 0.3 is 0 Å². The van der Waals surface area contributed by atoms with Crippen LogP contribution in [0.2, 0.25) is 0 Å². The van der Waals surface area contributed by atoms with Crippen LogP contribution in [0.3, 0.4) is 0 Å². The number of amides is 1. The van der Waals surface area contributed by atoms with Crippen molar-refractivity contribution in [3.63, 3.8) is 0 Å². The van der Waals surface area contributed by atoms with Gasteiger partial charge in [0.15, 0.2) is 0 Å². The minimum atomic E-state index is -0.393. The SMILES string of the molecule is O=C(N[C@@H]1CCCC[C@H]1O)c1cccc(I)c1. The summed E-state index contributed by atoms with van der Waals surface area (Å²) in [6.07, 6.45) is 3.40. The first-order valence-corrected chi connectivity index (χ1v) is 6.99. The van der Waals surface area contributed by atoms with Crippen molar-refractivity contribution in [2.24, 2.45) is 0 Å². The molecular formula is C13H16INO2. The molecule has 0 radical (unpaired) electrons. The van der Waals surface area contributed by atoms with E-state index in [-0.39, 0.29) is 11.9 Å². The van der Waals surface area contributed by atoms with Crippen LogP contribution in [0.15, 0.2) is 24.3 Å². The molecule has 1 fully saturated rings. The van der Waals surface area contributed by atoms with E-state index in [0.29, 0.717) is 5.56 Å². The molecule has 1 aliphatic carbocycles. The summed E-state index contributed by atoms with van der Waals surface area (Å²) in [5, 5.41) is 12.7. The lowest BCUT2D eigenvalue weighted by Gasteiger charge is -2.28. The Balaban J connectivity index is 2.01. The Labute approximate surface area is 115 Å². The molecule has 1 amide bonds. The highest BCUT2D eigenvalue weighted by molar-refractivity contribution is 14.1. The molecule has 1 aromatic rings.